The van der Waals surface area contributed by atoms with Crippen molar-refractivity contribution in [2.75, 3.05) is 31.1 Å². The Kier molecular flexibility index (Phi) is 6.63. The molecule has 0 saturated carbocycles. The molecule has 0 radical (unpaired) electrons. The zero-order chi connectivity index (χ0) is 26.4. The first kappa shape index (κ1) is 25.2. The predicted molar refractivity (Wildman–Crippen MR) is 151 cm³/mol. The van der Waals surface area contributed by atoms with E-state index in [1.807, 2.05) is 18.7 Å². The molecule has 1 saturated heterocycles. The number of nitrogens with one attached hydrogen (secondary N) is 2. The molecule has 3 heterocycles. The molecule has 0 spiro atoms. The van der Waals surface area contributed by atoms with Gasteiger partial charge < -0.3 is 20.1 Å². The number of carbonyl (C=O) groups is 2. The first-order valence-corrected chi connectivity index (χ1v) is 13.5. The van der Waals surface area contributed by atoms with Crippen LogP contribution in [0.2, 0.25) is 0 Å². The average Bonchev–Trinajstić information content (AvgIpc) is 3.20. The van der Waals surface area contributed by atoms with Crippen molar-refractivity contribution in [2.45, 2.75) is 33.7 Å². The average molecular weight is 536 g/mol. The van der Waals surface area contributed by atoms with Gasteiger partial charge in [0.15, 0.2) is 3.95 Å². The number of amides is 2. The fourth-order valence-corrected chi connectivity index (χ4v) is 6.08. The number of piperazine rings is 1. The van der Waals surface area contributed by atoms with E-state index >= 15 is 0 Å². The molecule has 2 aromatic carbocycles. The monoisotopic (exact) mass is 535 g/mol. The molecule has 2 N–H and O–H groups in total. The van der Waals surface area contributed by atoms with Crippen molar-refractivity contribution in [2.24, 2.45) is 0 Å². The van der Waals surface area contributed by atoms with Crippen LogP contribution >= 0.6 is 23.6 Å². The maximum atomic E-state index is 13.5. The predicted octanol–water partition coefficient (Wildman–Crippen LogP) is 4.29. The van der Waals surface area contributed by atoms with Gasteiger partial charge in [-0.2, -0.15) is 0 Å². The van der Waals surface area contributed by atoms with Crippen molar-refractivity contribution < 1.29 is 9.59 Å². The highest BCUT2D eigenvalue weighted by atomic mass is 32.1. The minimum absolute atomic E-state index is 0.0603. The summed E-state index contributed by atoms with van der Waals surface area (Å²) in [7, 11) is 0. The normalized spacial score (nSPS) is 14.1. The van der Waals surface area contributed by atoms with Crippen LogP contribution in [0.25, 0.3) is 16.6 Å². The first-order valence-electron chi connectivity index (χ1n) is 12.3. The Bertz CT molecular complexity index is 1660. The Balaban J connectivity index is 1.46. The molecule has 2 amide bonds. The third-order valence-corrected chi connectivity index (χ3v) is 8.04. The molecular weight excluding hydrogens is 506 g/mol. The summed E-state index contributed by atoms with van der Waals surface area (Å²) >= 11 is 6.71. The van der Waals surface area contributed by atoms with E-state index in [0.717, 1.165) is 24.4 Å². The minimum Gasteiger partial charge on any atom is -0.368 e. The highest BCUT2D eigenvalue weighted by Gasteiger charge is 2.24. The summed E-state index contributed by atoms with van der Waals surface area (Å²) in [4.78, 5) is 46.4. The molecular formula is C27H29N5O3S2. The lowest BCUT2D eigenvalue weighted by Gasteiger charge is -2.37. The number of hydrogen-bond acceptors (Lipinski definition) is 6. The van der Waals surface area contributed by atoms with Gasteiger partial charge in [-0.25, -0.2) is 0 Å². The van der Waals surface area contributed by atoms with Crippen molar-refractivity contribution in [3.63, 3.8) is 0 Å². The van der Waals surface area contributed by atoms with E-state index < -0.39 is 0 Å². The Labute approximate surface area is 223 Å². The fourth-order valence-electron chi connectivity index (χ4n) is 4.80. The second-order valence-electron chi connectivity index (χ2n) is 9.76. The van der Waals surface area contributed by atoms with Gasteiger partial charge in [-0.1, -0.05) is 23.5 Å². The number of hydrogen-bond donors (Lipinski definition) is 2. The van der Waals surface area contributed by atoms with Gasteiger partial charge in [-0.15, -0.1) is 0 Å². The fraction of sp³-hybridized carbons (Fsp3) is 0.333. The molecule has 8 nitrogen and oxygen atoms in total. The van der Waals surface area contributed by atoms with Crippen LogP contribution in [0, 0.1) is 17.8 Å². The molecule has 192 valence electrons. The van der Waals surface area contributed by atoms with E-state index in [0.29, 0.717) is 44.0 Å². The van der Waals surface area contributed by atoms with Crippen LogP contribution < -0.4 is 15.8 Å². The van der Waals surface area contributed by atoms with Gasteiger partial charge >= 0.3 is 0 Å². The second kappa shape index (κ2) is 9.75. The highest BCUT2D eigenvalue weighted by molar-refractivity contribution is 7.73. The molecule has 1 aliphatic rings. The highest BCUT2D eigenvalue weighted by Crippen LogP contribution is 2.25. The summed E-state index contributed by atoms with van der Waals surface area (Å²) in [5.41, 5.74) is 4.67. The molecule has 0 atom stereocenters. The summed E-state index contributed by atoms with van der Waals surface area (Å²) in [5.74, 6) is -0.381. The third kappa shape index (κ3) is 4.67. The summed E-state index contributed by atoms with van der Waals surface area (Å²) in [6, 6.07) is 11.4. The molecule has 1 fully saturated rings. The summed E-state index contributed by atoms with van der Waals surface area (Å²) in [5, 5.41) is 3.26. The lowest BCUT2D eigenvalue weighted by Crippen LogP contribution is -2.49. The number of aryl methyl sites for hydroxylation is 2. The maximum Gasteiger partial charge on any atom is 0.265 e. The number of nitrogens with zero attached hydrogens (tertiary/aromatic N) is 3. The van der Waals surface area contributed by atoms with Crippen molar-refractivity contribution >= 4 is 57.6 Å². The summed E-state index contributed by atoms with van der Waals surface area (Å²) in [6.07, 6.45) is 0. The molecule has 2 aromatic heterocycles. The number of thiazole rings is 1. The van der Waals surface area contributed by atoms with Crippen molar-refractivity contribution in [1.82, 2.24) is 19.6 Å². The molecule has 10 heteroatoms. The summed E-state index contributed by atoms with van der Waals surface area (Å²) in [6.45, 7) is 10.6. The number of rotatable bonds is 4. The smallest absolute Gasteiger partial charge is 0.265 e. The number of anilines is 1. The summed E-state index contributed by atoms with van der Waals surface area (Å²) < 4.78 is 2.11. The zero-order valence-corrected chi connectivity index (χ0v) is 22.9. The van der Waals surface area contributed by atoms with E-state index in [4.69, 9.17) is 12.2 Å². The van der Waals surface area contributed by atoms with Gasteiger partial charge in [-0.05, 0) is 75.3 Å². The number of carbonyl (C=O) groups excluding carboxylic acids is 2. The molecule has 0 bridgehead atoms. The minimum atomic E-state index is -0.331. The van der Waals surface area contributed by atoms with Crippen molar-refractivity contribution in [3.05, 3.63) is 72.3 Å². The topological polar surface area (TPSA) is 89.9 Å². The molecule has 37 heavy (non-hydrogen) atoms. The van der Waals surface area contributed by atoms with Crippen LogP contribution in [0.15, 0.2) is 41.2 Å². The van der Waals surface area contributed by atoms with Gasteiger partial charge in [0.1, 0.15) is 10.5 Å². The third-order valence-electron chi connectivity index (χ3n) is 6.67. The van der Waals surface area contributed by atoms with Crippen LogP contribution in [0.1, 0.15) is 45.0 Å². The number of benzene rings is 2. The molecule has 0 aliphatic carbocycles. The van der Waals surface area contributed by atoms with E-state index in [2.05, 4.69) is 47.2 Å². The van der Waals surface area contributed by atoms with E-state index in [9.17, 15) is 14.4 Å². The van der Waals surface area contributed by atoms with Gasteiger partial charge in [0.05, 0.1) is 10.9 Å². The van der Waals surface area contributed by atoms with Crippen LogP contribution in [0.3, 0.4) is 0 Å². The Hall–Kier alpha value is -3.50. The number of aromatic nitrogens is 2. The van der Waals surface area contributed by atoms with E-state index in [1.165, 1.54) is 16.8 Å². The second-order valence-corrected chi connectivity index (χ2v) is 11.4. The van der Waals surface area contributed by atoms with Crippen LogP contribution in [-0.4, -0.2) is 58.3 Å². The Morgan fingerprint density at radius 2 is 1.78 bits per heavy atom. The maximum absolute atomic E-state index is 13.5. The van der Waals surface area contributed by atoms with Gasteiger partial charge in [0.2, 0.25) is 0 Å². The van der Waals surface area contributed by atoms with Gasteiger partial charge in [-0.3, -0.25) is 18.8 Å². The molecule has 1 aliphatic heterocycles. The standard InChI is InChI=1S/C27H29N5O3S2/c1-15(2)28-25(34)22-23-29-24(33)19-8-7-18(14-21(19)32(23)27(36)37-22)26(35)31-11-9-30(10-12-31)20-13-16(3)5-6-17(20)4/h5-8,13-15H,9-12H2,1-4H3,(H,28,34)(H,29,33). The quantitative estimate of drug-likeness (QED) is 0.381. The largest absolute Gasteiger partial charge is 0.368 e. The molecule has 0 unspecified atom stereocenters. The van der Waals surface area contributed by atoms with E-state index in [-0.39, 0.29) is 23.4 Å². The lowest BCUT2D eigenvalue weighted by atomic mass is 10.1. The van der Waals surface area contributed by atoms with Gasteiger partial charge in [0, 0.05) is 43.5 Å². The van der Waals surface area contributed by atoms with Crippen molar-refractivity contribution in [3.8, 4) is 0 Å². The zero-order valence-electron chi connectivity index (χ0n) is 21.3. The van der Waals surface area contributed by atoms with Crippen LogP contribution in [0.5, 0.6) is 0 Å². The molecule has 4 aromatic rings. The Morgan fingerprint density at radius 1 is 1.05 bits per heavy atom. The van der Waals surface area contributed by atoms with Crippen LogP contribution in [0.4, 0.5) is 5.69 Å². The number of aromatic amines is 1. The Morgan fingerprint density at radius 3 is 2.49 bits per heavy atom. The van der Waals surface area contributed by atoms with Crippen molar-refractivity contribution in [1.29, 1.82) is 0 Å². The molecule has 5 rings (SSSR count). The lowest BCUT2D eigenvalue weighted by molar-refractivity contribution is 0.0746. The van der Waals surface area contributed by atoms with Gasteiger partial charge in [0.25, 0.3) is 17.4 Å². The van der Waals surface area contributed by atoms with E-state index in [1.54, 1.807) is 22.6 Å². The first-order chi connectivity index (χ1) is 17.6. The number of H-pyrrole nitrogens is 1. The number of fused-ring (bicyclic) bond motifs is 3. The SMILES string of the molecule is Cc1ccc(C)c(N2CCN(C(=O)c3ccc4c(=O)[nH]c5c(C(=O)NC(C)C)sc(=S)n5c4c3)CC2)c1. The van der Waals surface area contributed by atoms with Crippen LogP contribution in [-0.2, 0) is 0 Å².